The molecule has 0 spiro atoms. The van der Waals surface area contributed by atoms with Crippen LogP contribution in [0, 0.1) is 6.92 Å². The smallest absolute Gasteiger partial charge is 0.411 e. The number of rotatable bonds is 6. The Morgan fingerprint density at radius 3 is 2.59 bits per heavy atom. The molecule has 17 heavy (non-hydrogen) atoms. The van der Waals surface area contributed by atoms with Crippen molar-refractivity contribution in [3.63, 3.8) is 0 Å². The van der Waals surface area contributed by atoms with Gasteiger partial charge in [0.05, 0.1) is 0 Å². The molecule has 1 aromatic rings. The Bertz CT molecular complexity index is 336. The Morgan fingerprint density at radius 2 is 1.94 bits per heavy atom. The monoisotopic (exact) mass is 236 g/mol. The molecule has 0 aliphatic carbocycles. The SMILES string of the molecule is CCCNCCOC(=O)Nc1ccc(C)cc1. The molecule has 0 fully saturated rings. The lowest BCUT2D eigenvalue weighted by Crippen LogP contribution is -2.23. The number of hydrogen-bond donors (Lipinski definition) is 2. The number of hydrogen-bond acceptors (Lipinski definition) is 3. The summed E-state index contributed by atoms with van der Waals surface area (Å²) in [6.07, 6.45) is 0.669. The summed E-state index contributed by atoms with van der Waals surface area (Å²) in [5.74, 6) is 0. The van der Waals surface area contributed by atoms with Crippen LogP contribution in [0.3, 0.4) is 0 Å². The van der Waals surface area contributed by atoms with E-state index in [-0.39, 0.29) is 0 Å². The standard InChI is InChI=1S/C13H20N2O2/c1-3-8-14-9-10-17-13(16)15-12-6-4-11(2)5-7-12/h4-7,14H,3,8-10H2,1-2H3,(H,15,16). The van der Waals surface area contributed by atoms with Crippen molar-refractivity contribution in [2.45, 2.75) is 20.3 Å². The third-order valence-corrected chi connectivity index (χ3v) is 2.24. The van der Waals surface area contributed by atoms with Gasteiger partial charge >= 0.3 is 6.09 Å². The maximum Gasteiger partial charge on any atom is 0.411 e. The van der Waals surface area contributed by atoms with Crippen LogP contribution in [0.25, 0.3) is 0 Å². The van der Waals surface area contributed by atoms with Crippen LogP contribution in [0.1, 0.15) is 18.9 Å². The molecule has 0 bridgehead atoms. The molecule has 0 saturated heterocycles. The van der Waals surface area contributed by atoms with E-state index in [1.807, 2.05) is 31.2 Å². The second-order valence-corrected chi connectivity index (χ2v) is 3.88. The molecule has 0 atom stereocenters. The van der Waals surface area contributed by atoms with Gasteiger partial charge in [-0.15, -0.1) is 0 Å². The summed E-state index contributed by atoms with van der Waals surface area (Å²) in [5, 5.41) is 5.83. The van der Waals surface area contributed by atoms with Gasteiger partial charge < -0.3 is 10.1 Å². The van der Waals surface area contributed by atoms with E-state index in [2.05, 4.69) is 17.6 Å². The highest BCUT2D eigenvalue weighted by Crippen LogP contribution is 2.08. The largest absolute Gasteiger partial charge is 0.448 e. The lowest BCUT2D eigenvalue weighted by atomic mass is 10.2. The van der Waals surface area contributed by atoms with E-state index in [1.54, 1.807) is 0 Å². The van der Waals surface area contributed by atoms with Gasteiger partial charge in [0.2, 0.25) is 0 Å². The molecule has 0 aliphatic rings. The predicted molar refractivity (Wildman–Crippen MR) is 69.3 cm³/mol. The first-order valence-corrected chi connectivity index (χ1v) is 5.93. The first kappa shape index (κ1) is 13.5. The number of carbonyl (C=O) groups excluding carboxylic acids is 1. The molecule has 1 rings (SSSR count). The molecule has 0 radical (unpaired) electrons. The van der Waals surface area contributed by atoms with Crippen molar-refractivity contribution in [2.24, 2.45) is 0 Å². The molecule has 1 amide bonds. The fourth-order valence-corrected chi connectivity index (χ4v) is 1.31. The van der Waals surface area contributed by atoms with Crippen molar-refractivity contribution in [1.82, 2.24) is 5.32 Å². The zero-order valence-corrected chi connectivity index (χ0v) is 10.5. The summed E-state index contributed by atoms with van der Waals surface area (Å²) >= 11 is 0. The van der Waals surface area contributed by atoms with E-state index in [9.17, 15) is 4.79 Å². The van der Waals surface area contributed by atoms with Crippen molar-refractivity contribution in [3.05, 3.63) is 29.8 Å². The highest BCUT2D eigenvalue weighted by molar-refractivity contribution is 5.84. The molecular weight excluding hydrogens is 216 g/mol. The summed E-state index contributed by atoms with van der Waals surface area (Å²) in [6, 6.07) is 7.59. The summed E-state index contributed by atoms with van der Waals surface area (Å²) in [7, 11) is 0. The zero-order chi connectivity index (χ0) is 12.5. The lowest BCUT2D eigenvalue weighted by molar-refractivity contribution is 0.162. The number of amides is 1. The van der Waals surface area contributed by atoms with Crippen molar-refractivity contribution >= 4 is 11.8 Å². The van der Waals surface area contributed by atoms with Crippen molar-refractivity contribution in [3.8, 4) is 0 Å². The topological polar surface area (TPSA) is 50.4 Å². The second kappa shape index (κ2) is 7.68. The summed E-state index contributed by atoms with van der Waals surface area (Å²) in [6.45, 7) is 6.12. The van der Waals surface area contributed by atoms with Crippen molar-refractivity contribution in [1.29, 1.82) is 0 Å². The molecule has 94 valence electrons. The van der Waals surface area contributed by atoms with E-state index < -0.39 is 6.09 Å². The van der Waals surface area contributed by atoms with Crippen LogP contribution in [0.4, 0.5) is 10.5 Å². The van der Waals surface area contributed by atoms with E-state index in [0.717, 1.165) is 24.2 Å². The highest BCUT2D eigenvalue weighted by atomic mass is 16.5. The number of anilines is 1. The predicted octanol–water partition coefficient (Wildman–Crippen LogP) is 2.54. The van der Waals surface area contributed by atoms with Crippen molar-refractivity contribution < 1.29 is 9.53 Å². The molecule has 4 nitrogen and oxygen atoms in total. The Labute approximate surface area is 102 Å². The molecule has 0 aromatic heterocycles. The Morgan fingerprint density at radius 1 is 1.24 bits per heavy atom. The molecule has 0 aliphatic heterocycles. The number of ether oxygens (including phenoxy) is 1. The van der Waals surface area contributed by atoms with Crippen LogP contribution in [0.2, 0.25) is 0 Å². The molecular formula is C13H20N2O2. The fourth-order valence-electron chi connectivity index (χ4n) is 1.31. The Hall–Kier alpha value is -1.55. The van der Waals surface area contributed by atoms with E-state index in [0.29, 0.717) is 13.2 Å². The molecule has 4 heteroatoms. The number of benzene rings is 1. The third-order valence-electron chi connectivity index (χ3n) is 2.24. The van der Waals surface area contributed by atoms with Gasteiger partial charge in [-0.25, -0.2) is 4.79 Å². The summed E-state index contributed by atoms with van der Waals surface area (Å²) in [5.41, 5.74) is 1.91. The lowest BCUT2D eigenvalue weighted by Gasteiger charge is -2.07. The quantitative estimate of drug-likeness (QED) is 0.746. The average Bonchev–Trinajstić information content (AvgIpc) is 2.32. The Kier molecular flexibility index (Phi) is 6.10. The van der Waals surface area contributed by atoms with Gasteiger partial charge in [-0.05, 0) is 32.0 Å². The first-order chi connectivity index (χ1) is 8.22. The van der Waals surface area contributed by atoms with Gasteiger partial charge in [0, 0.05) is 12.2 Å². The molecule has 2 N–H and O–H groups in total. The zero-order valence-electron chi connectivity index (χ0n) is 10.5. The Balaban J connectivity index is 2.18. The fraction of sp³-hybridized carbons (Fsp3) is 0.462. The van der Waals surface area contributed by atoms with E-state index in [1.165, 1.54) is 0 Å². The number of carbonyl (C=O) groups is 1. The maximum absolute atomic E-state index is 11.4. The molecule has 1 aromatic carbocycles. The van der Waals surface area contributed by atoms with Gasteiger partial charge in [0.15, 0.2) is 0 Å². The van der Waals surface area contributed by atoms with Gasteiger partial charge in [-0.2, -0.15) is 0 Å². The molecule has 0 saturated carbocycles. The molecule has 0 unspecified atom stereocenters. The number of aryl methyl sites for hydroxylation is 1. The van der Waals surface area contributed by atoms with Crippen LogP contribution in [-0.2, 0) is 4.74 Å². The minimum absolute atomic E-state index is 0.387. The molecule has 0 heterocycles. The van der Waals surface area contributed by atoms with Crippen LogP contribution >= 0.6 is 0 Å². The maximum atomic E-state index is 11.4. The second-order valence-electron chi connectivity index (χ2n) is 3.88. The summed E-state index contributed by atoms with van der Waals surface area (Å²) < 4.78 is 5.01. The minimum Gasteiger partial charge on any atom is -0.448 e. The van der Waals surface area contributed by atoms with Crippen molar-refractivity contribution in [2.75, 3.05) is 25.0 Å². The van der Waals surface area contributed by atoms with Gasteiger partial charge in [-0.1, -0.05) is 24.6 Å². The van der Waals surface area contributed by atoms with Crippen LogP contribution < -0.4 is 10.6 Å². The minimum atomic E-state index is -0.410. The van der Waals surface area contributed by atoms with Crippen LogP contribution in [0.15, 0.2) is 24.3 Å². The van der Waals surface area contributed by atoms with Crippen LogP contribution in [0.5, 0.6) is 0 Å². The van der Waals surface area contributed by atoms with Gasteiger partial charge in [0.1, 0.15) is 6.61 Å². The highest BCUT2D eigenvalue weighted by Gasteiger charge is 2.01. The van der Waals surface area contributed by atoms with E-state index in [4.69, 9.17) is 4.74 Å². The number of nitrogens with one attached hydrogen (secondary N) is 2. The average molecular weight is 236 g/mol. The van der Waals surface area contributed by atoms with E-state index >= 15 is 0 Å². The van der Waals surface area contributed by atoms with Crippen LogP contribution in [-0.4, -0.2) is 25.8 Å². The summed E-state index contributed by atoms with van der Waals surface area (Å²) in [4.78, 5) is 11.4. The van der Waals surface area contributed by atoms with Gasteiger partial charge in [0.25, 0.3) is 0 Å². The normalized spacial score (nSPS) is 10.0. The first-order valence-electron chi connectivity index (χ1n) is 5.93. The van der Waals surface area contributed by atoms with Gasteiger partial charge in [-0.3, -0.25) is 5.32 Å². The third kappa shape index (κ3) is 5.92.